The molecule has 1 fully saturated rings. The highest BCUT2D eigenvalue weighted by molar-refractivity contribution is 9.10. The number of hydrogen-bond acceptors (Lipinski definition) is 3. The Morgan fingerprint density at radius 1 is 1.36 bits per heavy atom. The fraction of sp³-hybridized carbons (Fsp3) is 0.588. The number of nitrogens with two attached hydrogens (primary N) is 1. The first-order valence-electron chi connectivity index (χ1n) is 7.95. The average molecular weight is 368 g/mol. The Balaban J connectivity index is 1.82. The molecule has 1 aromatic carbocycles. The Morgan fingerprint density at radius 2 is 1.95 bits per heavy atom. The molecule has 3 N–H and O–H groups in total. The van der Waals surface area contributed by atoms with Crippen LogP contribution < -0.4 is 11.1 Å². The molecule has 1 aliphatic rings. The molecule has 1 amide bonds. The van der Waals surface area contributed by atoms with Crippen molar-refractivity contribution in [1.82, 2.24) is 10.2 Å². The second-order valence-corrected chi connectivity index (χ2v) is 7.40. The van der Waals surface area contributed by atoms with E-state index in [1.807, 2.05) is 24.3 Å². The number of hydrogen-bond donors (Lipinski definition) is 2. The summed E-state index contributed by atoms with van der Waals surface area (Å²) in [6.45, 7) is 7.87. The molecule has 0 aromatic heterocycles. The zero-order chi connectivity index (χ0) is 16.2. The van der Waals surface area contributed by atoms with Crippen LogP contribution in [0.25, 0.3) is 0 Å². The number of benzene rings is 1. The van der Waals surface area contributed by atoms with Crippen LogP contribution in [0, 0.1) is 5.92 Å². The van der Waals surface area contributed by atoms with Crippen LogP contribution >= 0.6 is 15.9 Å². The van der Waals surface area contributed by atoms with Crippen LogP contribution in [-0.2, 0) is 10.3 Å². The highest BCUT2D eigenvalue weighted by atomic mass is 79.9. The van der Waals surface area contributed by atoms with Crippen molar-refractivity contribution in [2.75, 3.05) is 26.2 Å². The van der Waals surface area contributed by atoms with Gasteiger partial charge in [0.1, 0.15) is 5.54 Å². The number of carbonyl (C=O) groups is 1. The van der Waals surface area contributed by atoms with Gasteiger partial charge in [-0.1, -0.05) is 35.0 Å². The van der Waals surface area contributed by atoms with Crippen molar-refractivity contribution in [3.63, 3.8) is 0 Å². The van der Waals surface area contributed by atoms with E-state index in [4.69, 9.17) is 5.73 Å². The summed E-state index contributed by atoms with van der Waals surface area (Å²) in [5.41, 5.74) is 6.04. The Kier molecular flexibility index (Phi) is 6.01. The molecule has 1 aromatic rings. The highest BCUT2D eigenvalue weighted by Gasteiger charge is 2.30. The molecule has 0 spiro atoms. The molecule has 0 aliphatic carbocycles. The zero-order valence-corrected chi connectivity index (χ0v) is 15.0. The quantitative estimate of drug-likeness (QED) is 0.840. The molecule has 1 aliphatic heterocycles. The van der Waals surface area contributed by atoms with Crippen LogP contribution in [0.5, 0.6) is 0 Å². The van der Waals surface area contributed by atoms with Crippen LogP contribution in [0.2, 0.25) is 0 Å². The average Bonchev–Trinajstić information content (AvgIpc) is 2.49. The van der Waals surface area contributed by atoms with Gasteiger partial charge in [-0.25, -0.2) is 0 Å². The molecule has 4 nitrogen and oxygen atoms in total. The molecule has 5 heteroatoms. The monoisotopic (exact) mass is 367 g/mol. The molecular weight excluding hydrogens is 342 g/mol. The van der Waals surface area contributed by atoms with Gasteiger partial charge in [0.15, 0.2) is 0 Å². The van der Waals surface area contributed by atoms with Crippen LogP contribution in [0.15, 0.2) is 28.7 Å². The van der Waals surface area contributed by atoms with E-state index in [0.29, 0.717) is 6.54 Å². The molecule has 1 heterocycles. The number of carbonyl (C=O) groups excluding carboxylic acids is 1. The summed E-state index contributed by atoms with van der Waals surface area (Å²) in [6, 6.07) is 7.58. The van der Waals surface area contributed by atoms with E-state index in [-0.39, 0.29) is 5.91 Å². The van der Waals surface area contributed by atoms with E-state index >= 15 is 0 Å². The topological polar surface area (TPSA) is 58.4 Å². The first-order chi connectivity index (χ1) is 10.4. The molecule has 22 heavy (non-hydrogen) atoms. The third kappa shape index (κ3) is 4.54. The maximum absolute atomic E-state index is 12.4. The van der Waals surface area contributed by atoms with Gasteiger partial charge >= 0.3 is 0 Å². The van der Waals surface area contributed by atoms with Crippen molar-refractivity contribution in [2.45, 2.75) is 32.2 Å². The van der Waals surface area contributed by atoms with Gasteiger partial charge in [0.05, 0.1) is 0 Å². The molecule has 2 rings (SSSR count). The van der Waals surface area contributed by atoms with Crippen molar-refractivity contribution in [2.24, 2.45) is 11.7 Å². The molecule has 0 bridgehead atoms. The van der Waals surface area contributed by atoms with Gasteiger partial charge in [-0.2, -0.15) is 0 Å². The fourth-order valence-corrected chi connectivity index (χ4v) is 2.99. The number of halogens is 1. The lowest BCUT2D eigenvalue weighted by Crippen LogP contribution is -2.50. The molecule has 1 unspecified atom stereocenters. The van der Waals surface area contributed by atoms with E-state index < -0.39 is 5.54 Å². The number of amides is 1. The summed E-state index contributed by atoms with van der Waals surface area (Å²) in [4.78, 5) is 14.8. The maximum Gasteiger partial charge on any atom is 0.244 e. The van der Waals surface area contributed by atoms with Crippen molar-refractivity contribution in [3.05, 3.63) is 34.3 Å². The summed E-state index contributed by atoms with van der Waals surface area (Å²) in [5, 5.41) is 2.98. The van der Waals surface area contributed by atoms with Gasteiger partial charge in [0.2, 0.25) is 5.91 Å². The van der Waals surface area contributed by atoms with Crippen LogP contribution in [0.1, 0.15) is 32.3 Å². The van der Waals surface area contributed by atoms with Crippen LogP contribution in [0.4, 0.5) is 0 Å². The molecule has 1 atom stereocenters. The van der Waals surface area contributed by atoms with E-state index in [2.05, 4.69) is 33.1 Å². The minimum Gasteiger partial charge on any atom is -0.353 e. The Labute approximate surface area is 141 Å². The Bertz CT molecular complexity index is 493. The molecule has 122 valence electrons. The zero-order valence-electron chi connectivity index (χ0n) is 13.4. The Hall–Kier alpha value is -0.910. The van der Waals surface area contributed by atoms with E-state index in [0.717, 1.165) is 35.6 Å². The first-order valence-corrected chi connectivity index (χ1v) is 8.74. The maximum atomic E-state index is 12.4. The van der Waals surface area contributed by atoms with E-state index in [1.54, 1.807) is 6.92 Å². The van der Waals surface area contributed by atoms with Gasteiger partial charge in [0, 0.05) is 17.6 Å². The molecule has 1 saturated heterocycles. The van der Waals surface area contributed by atoms with Crippen molar-refractivity contribution < 1.29 is 4.79 Å². The fourth-order valence-electron chi connectivity index (χ4n) is 2.72. The lowest BCUT2D eigenvalue weighted by Gasteiger charge is -2.30. The smallest absolute Gasteiger partial charge is 0.244 e. The summed E-state index contributed by atoms with van der Waals surface area (Å²) < 4.78 is 0.979. The molecule has 0 radical (unpaired) electrons. The van der Waals surface area contributed by atoms with Crippen molar-refractivity contribution in [3.8, 4) is 0 Å². The van der Waals surface area contributed by atoms with Crippen LogP contribution in [-0.4, -0.2) is 37.0 Å². The minimum absolute atomic E-state index is 0.125. The van der Waals surface area contributed by atoms with Gasteiger partial charge in [-0.05, 0) is 56.5 Å². The summed E-state index contributed by atoms with van der Waals surface area (Å²) in [5.74, 6) is 0.704. The van der Waals surface area contributed by atoms with Gasteiger partial charge in [-0.3, -0.25) is 4.79 Å². The third-order valence-corrected chi connectivity index (χ3v) is 5.03. The molecule has 0 saturated carbocycles. The predicted octanol–water partition coefficient (Wildman–Crippen LogP) is 2.47. The number of nitrogens with zero attached hydrogens (tertiary/aromatic N) is 1. The lowest BCUT2D eigenvalue weighted by molar-refractivity contribution is -0.126. The van der Waals surface area contributed by atoms with Gasteiger partial charge < -0.3 is 16.0 Å². The summed E-state index contributed by atoms with van der Waals surface area (Å²) >= 11 is 3.39. The van der Waals surface area contributed by atoms with Crippen LogP contribution in [0.3, 0.4) is 0 Å². The van der Waals surface area contributed by atoms with Gasteiger partial charge in [-0.15, -0.1) is 0 Å². The first kappa shape index (κ1) is 17.4. The second kappa shape index (κ2) is 7.57. The standard InChI is InChI=1S/C17H26BrN3O/c1-13-7-10-21(11-8-13)12-9-20-16(22)17(2,19)14-3-5-15(18)6-4-14/h3-6,13H,7-12,19H2,1-2H3,(H,20,22). The van der Waals surface area contributed by atoms with E-state index in [9.17, 15) is 4.79 Å². The third-order valence-electron chi connectivity index (χ3n) is 4.51. The predicted molar refractivity (Wildman–Crippen MR) is 93.5 cm³/mol. The lowest BCUT2D eigenvalue weighted by atomic mass is 9.92. The summed E-state index contributed by atoms with van der Waals surface area (Å²) in [7, 11) is 0. The van der Waals surface area contributed by atoms with Crippen molar-refractivity contribution in [1.29, 1.82) is 0 Å². The highest BCUT2D eigenvalue weighted by Crippen LogP contribution is 2.20. The second-order valence-electron chi connectivity index (χ2n) is 6.49. The number of nitrogens with one attached hydrogen (secondary N) is 1. The van der Waals surface area contributed by atoms with Crippen molar-refractivity contribution >= 4 is 21.8 Å². The largest absolute Gasteiger partial charge is 0.353 e. The number of likely N-dealkylation sites (tertiary alicyclic amines) is 1. The van der Waals surface area contributed by atoms with E-state index in [1.165, 1.54) is 12.8 Å². The van der Waals surface area contributed by atoms with Gasteiger partial charge in [0.25, 0.3) is 0 Å². The molecular formula is C17H26BrN3O. The SMILES string of the molecule is CC1CCN(CCNC(=O)C(C)(N)c2ccc(Br)cc2)CC1. The number of rotatable bonds is 5. The number of piperidine rings is 1. The summed E-state index contributed by atoms with van der Waals surface area (Å²) in [6.07, 6.45) is 2.50. The minimum atomic E-state index is -1.00. The normalized spacial score (nSPS) is 19.6. The Morgan fingerprint density at radius 3 is 2.55 bits per heavy atom.